The zero-order valence-electron chi connectivity index (χ0n) is 15.4. The van der Waals surface area contributed by atoms with Gasteiger partial charge in [-0.3, -0.25) is 0 Å². The molecule has 1 aliphatic rings. The zero-order chi connectivity index (χ0) is 18.3. The van der Waals surface area contributed by atoms with Crippen molar-refractivity contribution in [2.24, 2.45) is 0 Å². The van der Waals surface area contributed by atoms with Crippen LogP contribution in [0.3, 0.4) is 0 Å². The van der Waals surface area contributed by atoms with Crippen molar-refractivity contribution in [3.63, 3.8) is 0 Å². The molecule has 0 amide bonds. The van der Waals surface area contributed by atoms with Gasteiger partial charge in [0.15, 0.2) is 0 Å². The minimum atomic E-state index is 0.200. The Morgan fingerprint density at radius 1 is 0.593 bits per heavy atom. The van der Waals surface area contributed by atoms with Crippen LogP contribution in [0.4, 0.5) is 0 Å². The van der Waals surface area contributed by atoms with Crippen LogP contribution in [0.15, 0.2) is 109 Å². The monoisotopic (exact) mass is 352 g/mol. The van der Waals surface area contributed by atoms with E-state index in [1.165, 1.54) is 16.7 Å². The SMILES string of the molecule is C(=CC1N(Cc2ccccc2)C=CN1Cc1ccccc1)c1ccccc1. The third-order valence-electron chi connectivity index (χ3n) is 4.81. The van der Waals surface area contributed by atoms with Crippen LogP contribution in [0.2, 0.25) is 0 Å². The molecule has 4 rings (SSSR count). The summed E-state index contributed by atoms with van der Waals surface area (Å²) in [5, 5.41) is 0. The van der Waals surface area contributed by atoms with Crippen LogP contribution in [0.1, 0.15) is 16.7 Å². The van der Waals surface area contributed by atoms with E-state index in [2.05, 4.69) is 125 Å². The molecule has 0 radical (unpaired) electrons. The van der Waals surface area contributed by atoms with Crippen molar-refractivity contribution < 1.29 is 0 Å². The molecule has 0 saturated carbocycles. The van der Waals surface area contributed by atoms with Crippen LogP contribution in [0.25, 0.3) is 6.08 Å². The molecule has 0 saturated heterocycles. The molecular weight excluding hydrogens is 328 g/mol. The molecule has 27 heavy (non-hydrogen) atoms. The first-order valence-corrected chi connectivity index (χ1v) is 9.39. The summed E-state index contributed by atoms with van der Waals surface area (Å²) in [5.41, 5.74) is 3.87. The van der Waals surface area contributed by atoms with Crippen LogP contribution in [0, 0.1) is 0 Å². The summed E-state index contributed by atoms with van der Waals surface area (Å²) in [5.74, 6) is 0. The average Bonchev–Trinajstić information content (AvgIpc) is 3.10. The van der Waals surface area contributed by atoms with E-state index in [0.717, 1.165) is 13.1 Å². The van der Waals surface area contributed by atoms with Gasteiger partial charge in [-0.1, -0.05) is 97.1 Å². The summed E-state index contributed by atoms with van der Waals surface area (Å²) < 4.78 is 0. The molecule has 0 unspecified atom stereocenters. The smallest absolute Gasteiger partial charge is 0.121 e. The Labute approximate surface area is 161 Å². The molecule has 0 fully saturated rings. The summed E-state index contributed by atoms with van der Waals surface area (Å²) in [6, 6.07) is 31.8. The highest BCUT2D eigenvalue weighted by Crippen LogP contribution is 2.23. The highest BCUT2D eigenvalue weighted by molar-refractivity contribution is 5.49. The normalized spacial score (nSPS) is 14.4. The van der Waals surface area contributed by atoms with Gasteiger partial charge in [-0.2, -0.15) is 0 Å². The third-order valence-corrected chi connectivity index (χ3v) is 4.81. The lowest BCUT2D eigenvalue weighted by Crippen LogP contribution is -2.36. The van der Waals surface area contributed by atoms with E-state index in [1.54, 1.807) is 0 Å². The fourth-order valence-corrected chi connectivity index (χ4v) is 3.40. The van der Waals surface area contributed by atoms with Crippen molar-refractivity contribution in [3.05, 3.63) is 126 Å². The van der Waals surface area contributed by atoms with Gasteiger partial charge in [0, 0.05) is 25.5 Å². The van der Waals surface area contributed by atoms with E-state index < -0.39 is 0 Å². The number of benzene rings is 3. The number of rotatable bonds is 6. The van der Waals surface area contributed by atoms with E-state index >= 15 is 0 Å². The van der Waals surface area contributed by atoms with Crippen LogP contribution in [0.5, 0.6) is 0 Å². The first-order chi connectivity index (χ1) is 13.4. The highest BCUT2D eigenvalue weighted by atomic mass is 15.4. The molecular formula is C25H24N2. The summed E-state index contributed by atoms with van der Waals surface area (Å²) in [4.78, 5) is 4.77. The van der Waals surface area contributed by atoms with Crippen LogP contribution in [-0.2, 0) is 13.1 Å². The van der Waals surface area contributed by atoms with Crippen molar-refractivity contribution >= 4 is 6.08 Å². The summed E-state index contributed by atoms with van der Waals surface area (Å²) in [6.45, 7) is 1.79. The maximum Gasteiger partial charge on any atom is 0.121 e. The molecule has 0 atom stereocenters. The summed E-state index contributed by atoms with van der Waals surface area (Å²) in [6.07, 6.45) is 9.12. The highest BCUT2D eigenvalue weighted by Gasteiger charge is 2.24. The maximum atomic E-state index is 2.39. The van der Waals surface area contributed by atoms with Gasteiger partial charge in [0.25, 0.3) is 0 Å². The topological polar surface area (TPSA) is 6.48 Å². The van der Waals surface area contributed by atoms with Gasteiger partial charge in [0.05, 0.1) is 0 Å². The fraction of sp³-hybridized carbons (Fsp3) is 0.120. The second-order valence-corrected chi connectivity index (χ2v) is 6.80. The predicted molar refractivity (Wildman–Crippen MR) is 112 cm³/mol. The van der Waals surface area contributed by atoms with E-state index in [9.17, 15) is 0 Å². The van der Waals surface area contributed by atoms with Crippen molar-refractivity contribution in [1.29, 1.82) is 0 Å². The first kappa shape index (κ1) is 17.2. The Morgan fingerprint density at radius 2 is 1.04 bits per heavy atom. The largest absolute Gasteiger partial charge is 0.348 e. The maximum absolute atomic E-state index is 2.39. The van der Waals surface area contributed by atoms with Gasteiger partial charge >= 0.3 is 0 Å². The minimum Gasteiger partial charge on any atom is -0.348 e. The second-order valence-electron chi connectivity index (χ2n) is 6.80. The zero-order valence-corrected chi connectivity index (χ0v) is 15.4. The Morgan fingerprint density at radius 3 is 1.52 bits per heavy atom. The van der Waals surface area contributed by atoms with Crippen molar-refractivity contribution in [1.82, 2.24) is 9.80 Å². The summed E-state index contributed by atoms with van der Waals surface area (Å²) in [7, 11) is 0. The molecule has 1 aliphatic heterocycles. The van der Waals surface area contributed by atoms with Gasteiger partial charge in [-0.15, -0.1) is 0 Å². The van der Waals surface area contributed by atoms with E-state index in [-0.39, 0.29) is 6.17 Å². The molecule has 0 spiro atoms. The summed E-state index contributed by atoms with van der Waals surface area (Å²) >= 11 is 0. The molecule has 3 aromatic carbocycles. The van der Waals surface area contributed by atoms with Crippen molar-refractivity contribution in [3.8, 4) is 0 Å². The standard InChI is InChI=1S/C25H24N2/c1-4-10-22(11-5-1)16-17-25-26(20-23-12-6-2-7-13-23)18-19-27(25)21-24-14-8-3-9-15-24/h1-19,25H,20-21H2. The molecule has 1 heterocycles. The molecule has 0 bridgehead atoms. The third kappa shape index (κ3) is 4.48. The van der Waals surface area contributed by atoms with Gasteiger partial charge in [-0.25, -0.2) is 0 Å². The Kier molecular flexibility index (Phi) is 5.35. The van der Waals surface area contributed by atoms with E-state index in [0.29, 0.717) is 0 Å². The van der Waals surface area contributed by atoms with Gasteiger partial charge in [-0.05, 0) is 22.8 Å². The number of nitrogens with zero attached hydrogens (tertiary/aromatic N) is 2. The van der Waals surface area contributed by atoms with Crippen molar-refractivity contribution in [2.75, 3.05) is 0 Å². The Balaban J connectivity index is 1.55. The quantitative estimate of drug-likeness (QED) is 0.577. The lowest BCUT2D eigenvalue weighted by atomic mass is 10.1. The van der Waals surface area contributed by atoms with Crippen LogP contribution < -0.4 is 0 Å². The van der Waals surface area contributed by atoms with E-state index in [1.807, 2.05) is 0 Å². The Hall–Kier alpha value is -3.26. The average molecular weight is 352 g/mol. The van der Waals surface area contributed by atoms with Gasteiger partial charge < -0.3 is 9.80 Å². The first-order valence-electron chi connectivity index (χ1n) is 9.39. The molecule has 0 aromatic heterocycles. The molecule has 0 aliphatic carbocycles. The van der Waals surface area contributed by atoms with Crippen LogP contribution >= 0.6 is 0 Å². The fourth-order valence-electron chi connectivity index (χ4n) is 3.40. The molecule has 3 aromatic rings. The van der Waals surface area contributed by atoms with Gasteiger partial charge in [0.1, 0.15) is 6.17 Å². The minimum absolute atomic E-state index is 0.200. The molecule has 0 N–H and O–H groups in total. The second kappa shape index (κ2) is 8.41. The lowest BCUT2D eigenvalue weighted by molar-refractivity contribution is 0.185. The number of hydrogen-bond acceptors (Lipinski definition) is 2. The number of hydrogen-bond donors (Lipinski definition) is 0. The van der Waals surface area contributed by atoms with Gasteiger partial charge in [0.2, 0.25) is 0 Å². The Bertz CT molecular complexity index is 834. The molecule has 134 valence electrons. The van der Waals surface area contributed by atoms with E-state index in [4.69, 9.17) is 0 Å². The predicted octanol–water partition coefficient (Wildman–Crippen LogP) is 5.52. The van der Waals surface area contributed by atoms with Crippen LogP contribution in [-0.4, -0.2) is 16.0 Å². The molecule has 2 heteroatoms. The van der Waals surface area contributed by atoms with Crippen molar-refractivity contribution in [2.45, 2.75) is 19.3 Å². The lowest BCUT2D eigenvalue weighted by Gasteiger charge is -2.31. The molecule has 2 nitrogen and oxygen atoms in total.